The second-order valence-corrected chi connectivity index (χ2v) is 5.26. The first-order valence-electron chi connectivity index (χ1n) is 7.31. The second kappa shape index (κ2) is 7.84. The Morgan fingerprint density at radius 3 is 2.44 bits per heavy atom. The molecule has 0 aliphatic carbocycles. The van der Waals surface area contributed by atoms with Crippen molar-refractivity contribution < 1.29 is 23.1 Å². The highest BCUT2D eigenvalue weighted by Crippen LogP contribution is 2.29. The number of aromatic nitrogens is 1. The van der Waals surface area contributed by atoms with Gasteiger partial charge in [-0.3, -0.25) is 4.79 Å². The van der Waals surface area contributed by atoms with Gasteiger partial charge in [-0.2, -0.15) is 13.2 Å². The van der Waals surface area contributed by atoms with Gasteiger partial charge in [0.25, 0.3) is 5.56 Å². The standard InChI is InChI=1S/C16H16F3N3O3/c17-16(18,19)11-4-6-12(7-5-11)21-15(25)20-9-13(23)10-22-8-2-1-3-14(22)24/h1-8,13,23H,9-10H2,(H2,20,21,25). The molecule has 134 valence electrons. The predicted molar refractivity (Wildman–Crippen MR) is 85.2 cm³/mol. The minimum Gasteiger partial charge on any atom is -0.389 e. The van der Waals surface area contributed by atoms with Gasteiger partial charge in [-0.05, 0) is 30.3 Å². The molecule has 9 heteroatoms. The molecule has 0 fully saturated rings. The van der Waals surface area contributed by atoms with Crippen LogP contribution in [0, 0.1) is 0 Å². The number of halogens is 3. The van der Waals surface area contributed by atoms with E-state index in [0.717, 1.165) is 24.3 Å². The zero-order chi connectivity index (χ0) is 18.4. The van der Waals surface area contributed by atoms with Crippen LogP contribution in [0.5, 0.6) is 0 Å². The third-order valence-electron chi connectivity index (χ3n) is 3.27. The SMILES string of the molecule is O=C(NCC(O)Cn1ccccc1=O)Nc1ccc(C(F)(F)F)cc1. The number of nitrogens with one attached hydrogen (secondary N) is 2. The molecule has 0 radical (unpaired) electrons. The number of alkyl halides is 3. The number of nitrogens with zero attached hydrogens (tertiary/aromatic N) is 1. The van der Waals surface area contributed by atoms with Crippen LogP contribution in [0.15, 0.2) is 53.5 Å². The Labute approximate surface area is 140 Å². The molecule has 0 spiro atoms. The maximum atomic E-state index is 12.4. The van der Waals surface area contributed by atoms with E-state index in [1.807, 2.05) is 0 Å². The summed E-state index contributed by atoms with van der Waals surface area (Å²) >= 11 is 0. The number of hydrogen-bond donors (Lipinski definition) is 3. The van der Waals surface area contributed by atoms with Gasteiger partial charge >= 0.3 is 12.2 Å². The van der Waals surface area contributed by atoms with Crippen LogP contribution in [0.3, 0.4) is 0 Å². The highest BCUT2D eigenvalue weighted by molar-refractivity contribution is 5.89. The Bertz CT molecular complexity index is 772. The lowest BCUT2D eigenvalue weighted by Crippen LogP contribution is -2.38. The Morgan fingerprint density at radius 1 is 1.16 bits per heavy atom. The molecule has 25 heavy (non-hydrogen) atoms. The maximum absolute atomic E-state index is 12.4. The number of pyridine rings is 1. The van der Waals surface area contributed by atoms with Gasteiger partial charge in [0.1, 0.15) is 0 Å². The van der Waals surface area contributed by atoms with E-state index in [9.17, 15) is 27.9 Å². The average molecular weight is 355 g/mol. The topological polar surface area (TPSA) is 83.4 Å². The van der Waals surface area contributed by atoms with E-state index in [1.165, 1.54) is 16.8 Å². The second-order valence-electron chi connectivity index (χ2n) is 5.26. The van der Waals surface area contributed by atoms with Crippen molar-refractivity contribution in [2.24, 2.45) is 0 Å². The molecule has 1 heterocycles. The van der Waals surface area contributed by atoms with Crippen molar-refractivity contribution in [1.82, 2.24) is 9.88 Å². The Balaban J connectivity index is 1.82. The molecule has 6 nitrogen and oxygen atoms in total. The summed E-state index contributed by atoms with van der Waals surface area (Å²) in [4.78, 5) is 23.2. The van der Waals surface area contributed by atoms with Crippen molar-refractivity contribution in [3.8, 4) is 0 Å². The number of carbonyl (C=O) groups excluding carboxylic acids is 1. The molecule has 2 amide bonds. The zero-order valence-corrected chi connectivity index (χ0v) is 13.0. The van der Waals surface area contributed by atoms with Crippen molar-refractivity contribution in [3.63, 3.8) is 0 Å². The molecule has 2 aromatic rings. The first-order chi connectivity index (χ1) is 11.8. The third kappa shape index (κ3) is 5.64. The number of aliphatic hydroxyl groups is 1. The van der Waals surface area contributed by atoms with Crippen LogP contribution in [0.1, 0.15) is 5.56 Å². The van der Waals surface area contributed by atoms with E-state index in [4.69, 9.17) is 0 Å². The first kappa shape index (κ1) is 18.5. The van der Waals surface area contributed by atoms with Crippen LogP contribution in [0.2, 0.25) is 0 Å². The third-order valence-corrected chi connectivity index (χ3v) is 3.27. The monoisotopic (exact) mass is 355 g/mol. The summed E-state index contributed by atoms with van der Waals surface area (Å²) in [6.07, 6.45) is -3.94. The van der Waals surface area contributed by atoms with Crippen molar-refractivity contribution in [2.75, 3.05) is 11.9 Å². The summed E-state index contributed by atoms with van der Waals surface area (Å²) in [5.74, 6) is 0. The molecule has 0 aliphatic rings. The quantitative estimate of drug-likeness (QED) is 0.768. The van der Waals surface area contributed by atoms with Gasteiger partial charge in [-0.1, -0.05) is 6.07 Å². The van der Waals surface area contributed by atoms with E-state index < -0.39 is 23.9 Å². The number of rotatable bonds is 5. The molecular weight excluding hydrogens is 339 g/mol. The molecule has 3 N–H and O–H groups in total. The summed E-state index contributed by atoms with van der Waals surface area (Å²) < 4.78 is 38.6. The van der Waals surface area contributed by atoms with Crippen molar-refractivity contribution in [3.05, 3.63) is 64.6 Å². The van der Waals surface area contributed by atoms with Gasteiger partial charge in [0.15, 0.2) is 0 Å². The van der Waals surface area contributed by atoms with E-state index in [0.29, 0.717) is 0 Å². The van der Waals surface area contributed by atoms with Crippen LogP contribution in [0.25, 0.3) is 0 Å². The smallest absolute Gasteiger partial charge is 0.389 e. The Hall–Kier alpha value is -2.81. The number of benzene rings is 1. The average Bonchev–Trinajstić information content (AvgIpc) is 2.55. The number of amides is 2. The van der Waals surface area contributed by atoms with Crippen molar-refractivity contribution in [2.45, 2.75) is 18.8 Å². The maximum Gasteiger partial charge on any atom is 0.416 e. The van der Waals surface area contributed by atoms with E-state index in [-0.39, 0.29) is 24.3 Å². The highest BCUT2D eigenvalue weighted by Gasteiger charge is 2.29. The first-order valence-corrected chi connectivity index (χ1v) is 7.31. The molecule has 1 aromatic carbocycles. The van der Waals surface area contributed by atoms with E-state index in [1.54, 1.807) is 12.1 Å². The predicted octanol–water partition coefficient (Wildman–Crippen LogP) is 2.05. The van der Waals surface area contributed by atoms with Crippen LogP contribution >= 0.6 is 0 Å². The van der Waals surface area contributed by atoms with Gasteiger partial charge in [0.2, 0.25) is 0 Å². The summed E-state index contributed by atoms with van der Waals surface area (Å²) in [5.41, 5.74) is -0.919. The molecule has 1 unspecified atom stereocenters. The lowest BCUT2D eigenvalue weighted by molar-refractivity contribution is -0.137. The Morgan fingerprint density at radius 2 is 1.84 bits per heavy atom. The highest BCUT2D eigenvalue weighted by atomic mass is 19.4. The van der Waals surface area contributed by atoms with Crippen LogP contribution in [-0.2, 0) is 12.7 Å². The molecule has 0 aliphatic heterocycles. The number of carbonyl (C=O) groups is 1. The fourth-order valence-electron chi connectivity index (χ4n) is 2.03. The molecule has 0 saturated carbocycles. The molecule has 0 saturated heterocycles. The largest absolute Gasteiger partial charge is 0.416 e. The van der Waals surface area contributed by atoms with Crippen LogP contribution < -0.4 is 16.2 Å². The minimum atomic E-state index is -4.44. The van der Waals surface area contributed by atoms with Crippen molar-refractivity contribution in [1.29, 1.82) is 0 Å². The zero-order valence-electron chi connectivity index (χ0n) is 13.0. The van der Waals surface area contributed by atoms with Gasteiger partial charge in [-0.15, -0.1) is 0 Å². The molecule has 0 bridgehead atoms. The number of anilines is 1. The molecule has 2 rings (SSSR count). The number of urea groups is 1. The van der Waals surface area contributed by atoms with Crippen molar-refractivity contribution >= 4 is 11.7 Å². The summed E-state index contributed by atoms with van der Waals surface area (Å²) in [5, 5.41) is 14.6. The molecular formula is C16H16F3N3O3. The van der Waals surface area contributed by atoms with Gasteiger partial charge < -0.3 is 20.3 Å². The molecule has 1 atom stereocenters. The lowest BCUT2D eigenvalue weighted by Gasteiger charge is -2.14. The summed E-state index contributed by atoms with van der Waals surface area (Å²) in [6.45, 7) is -0.131. The fourth-order valence-corrected chi connectivity index (χ4v) is 2.03. The summed E-state index contributed by atoms with van der Waals surface area (Å²) in [7, 11) is 0. The number of aliphatic hydroxyl groups excluding tert-OH is 1. The van der Waals surface area contributed by atoms with Crippen LogP contribution in [0.4, 0.5) is 23.7 Å². The van der Waals surface area contributed by atoms with E-state index in [2.05, 4.69) is 10.6 Å². The van der Waals surface area contributed by atoms with E-state index >= 15 is 0 Å². The normalized spacial score (nSPS) is 12.5. The van der Waals surface area contributed by atoms with Gasteiger partial charge in [0, 0.05) is 24.5 Å². The lowest BCUT2D eigenvalue weighted by atomic mass is 10.2. The fraction of sp³-hybridized carbons (Fsp3) is 0.250. The number of hydrogen-bond acceptors (Lipinski definition) is 3. The summed E-state index contributed by atoms with van der Waals surface area (Å²) in [6, 6.07) is 7.83. The molecule has 1 aromatic heterocycles. The van der Waals surface area contributed by atoms with Crippen LogP contribution in [-0.4, -0.2) is 28.4 Å². The Kier molecular flexibility index (Phi) is 5.81. The van der Waals surface area contributed by atoms with Gasteiger partial charge in [-0.25, -0.2) is 4.79 Å². The minimum absolute atomic E-state index is 0.000231. The van der Waals surface area contributed by atoms with Gasteiger partial charge in [0.05, 0.1) is 18.2 Å².